The fraction of sp³-hybridized carbons (Fsp3) is 0.438. The van der Waals surface area contributed by atoms with E-state index in [1.807, 2.05) is 38.2 Å². The summed E-state index contributed by atoms with van der Waals surface area (Å²) in [4.78, 5) is 0. The molecular weight excluding hydrogens is 377 g/mol. The molecule has 2 rings (SSSR count). The molecule has 0 amide bonds. The summed E-state index contributed by atoms with van der Waals surface area (Å²) in [6, 6.07) is 8.00. The fourth-order valence-corrected chi connectivity index (χ4v) is 2.49. The zero-order chi connectivity index (χ0) is 15.6. The zero-order valence-corrected chi connectivity index (χ0v) is 15.4. The van der Waals surface area contributed by atoms with Gasteiger partial charge in [0.05, 0.1) is 14.8 Å². The molecule has 0 aliphatic rings. The van der Waals surface area contributed by atoms with E-state index in [-0.39, 0.29) is 5.54 Å². The topological polar surface area (TPSA) is 39.1 Å². The van der Waals surface area contributed by atoms with E-state index in [9.17, 15) is 0 Å². The van der Waals surface area contributed by atoms with E-state index in [0.29, 0.717) is 0 Å². The van der Waals surface area contributed by atoms with Crippen molar-refractivity contribution in [3.05, 3.63) is 39.1 Å². The van der Waals surface area contributed by atoms with E-state index in [1.54, 1.807) is 4.68 Å². The van der Waals surface area contributed by atoms with Crippen molar-refractivity contribution in [3.8, 4) is 11.6 Å². The normalized spacial score (nSPS) is 11.7. The Morgan fingerprint density at radius 3 is 2.57 bits per heavy atom. The molecule has 5 heteroatoms. The molecule has 0 saturated heterocycles. The zero-order valence-electron chi connectivity index (χ0n) is 13.2. The molecule has 1 heterocycles. The van der Waals surface area contributed by atoms with Gasteiger partial charge in [-0.05, 0) is 62.4 Å². The lowest BCUT2D eigenvalue weighted by atomic mass is 10.1. The average Bonchev–Trinajstić information content (AvgIpc) is 2.63. The van der Waals surface area contributed by atoms with Gasteiger partial charge < -0.3 is 10.1 Å². The molecular formula is C16H22IN3O. The summed E-state index contributed by atoms with van der Waals surface area (Å²) in [6.45, 7) is 9.21. The van der Waals surface area contributed by atoms with Crippen molar-refractivity contribution in [2.45, 2.75) is 39.8 Å². The van der Waals surface area contributed by atoms with Crippen molar-refractivity contribution < 1.29 is 4.74 Å². The van der Waals surface area contributed by atoms with Crippen LogP contribution in [-0.4, -0.2) is 15.3 Å². The van der Waals surface area contributed by atoms with Gasteiger partial charge in [-0.1, -0.05) is 12.1 Å². The number of aromatic nitrogens is 2. The van der Waals surface area contributed by atoms with Gasteiger partial charge in [-0.15, -0.1) is 0 Å². The molecule has 21 heavy (non-hydrogen) atoms. The number of hydrogen-bond acceptors (Lipinski definition) is 3. The highest BCUT2D eigenvalue weighted by molar-refractivity contribution is 14.1. The second-order valence-electron chi connectivity index (χ2n) is 6.13. The van der Waals surface area contributed by atoms with Gasteiger partial charge in [0, 0.05) is 19.1 Å². The molecule has 0 radical (unpaired) electrons. The summed E-state index contributed by atoms with van der Waals surface area (Å²) < 4.78 is 9.00. The van der Waals surface area contributed by atoms with Crippen molar-refractivity contribution in [2.75, 3.05) is 0 Å². The third-order valence-electron chi connectivity index (χ3n) is 3.13. The number of para-hydroxylation sites is 1. The van der Waals surface area contributed by atoms with Crippen LogP contribution in [0.25, 0.3) is 0 Å². The molecule has 1 aromatic carbocycles. The van der Waals surface area contributed by atoms with Crippen molar-refractivity contribution in [1.29, 1.82) is 0 Å². The number of nitrogens with one attached hydrogen (secondary N) is 1. The lowest BCUT2D eigenvalue weighted by Crippen LogP contribution is -2.35. The molecule has 114 valence electrons. The molecule has 0 aliphatic heterocycles. The van der Waals surface area contributed by atoms with Crippen molar-refractivity contribution in [2.24, 2.45) is 7.05 Å². The second-order valence-corrected chi connectivity index (χ2v) is 7.29. The Morgan fingerprint density at radius 1 is 1.29 bits per heavy atom. The lowest BCUT2D eigenvalue weighted by Gasteiger charge is -2.21. The number of nitrogens with zero attached hydrogens (tertiary/aromatic N) is 2. The Bertz CT molecular complexity index is 629. The number of rotatable bonds is 4. The van der Waals surface area contributed by atoms with E-state index in [1.165, 1.54) is 0 Å². The van der Waals surface area contributed by atoms with Crippen LogP contribution in [0, 0.1) is 10.5 Å². The summed E-state index contributed by atoms with van der Waals surface area (Å²) in [5.74, 6) is 1.66. The molecule has 1 aromatic heterocycles. The Morgan fingerprint density at radius 2 is 1.95 bits per heavy atom. The number of halogens is 1. The molecule has 0 saturated carbocycles. The van der Waals surface area contributed by atoms with Crippen LogP contribution >= 0.6 is 22.6 Å². The van der Waals surface area contributed by atoms with Crippen LogP contribution in [0.4, 0.5) is 0 Å². The average molecular weight is 399 g/mol. The van der Waals surface area contributed by atoms with Gasteiger partial charge >= 0.3 is 0 Å². The minimum atomic E-state index is 0.0563. The SMILES string of the molecule is Cc1nn(C)c(Oc2ccccc2I)c1CNC(C)(C)C. The maximum atomic E-state index is 6.11. The highest BCUT2D eigenvalue weighted by Gasteiger charge is 2.18. The molecule has 1 N–H and O–H groups in total. The van der Waals surface area contributed by atoms with E-state index in [0.717, 1.165) is 33.0 Å². The number of benzene rings is 1. The molecule has 0 aliphatic carbocycles. The van der Waals surface area contributed by atoms with E-state index < -0.39 is 0 Å². The van der Waals surface area contributed by atoms with Crippen LogP contribution in [0.5, 0.6) is 11.6 Å². The molecule has 0 spiro atoms. The minimum Gasteiger partial charge on any atom is -0.438 e. The molecule has 0 fully saturated rings. The van der Waals surface area contributed by atoms with Gasteiger partial charge in [-0.25, -0.2) is 4.68 Å². The highest BCUT2D eigenvalue weighted by Crippen LogP contribution is 2.30. The van der Waals surface area contributed by atoms with Crippen molar-refractivity contribution in [1.82, 2.24) is 15.1 Å². The predicted octanol–water partition coefficient (Wildman–Crippen LogP) is 4.01. The summed E-state index contributed by atoms with van der Waals surface area (Å²) in [7, 11) is 1.92. The van der Waals surface area contributed by atoms with Crippen LogP contribution < -0.4 is 10.1 Å². The first-order chi connectivity index (χ1) is 9.78. The summed E-state index contributed by atoms with van der Waals surface area (Å²) in [6.07, 6.45) is 0. The maximum Gasteiger partial charge on any atom is 0.222 e. The van der Waals surface area contributed by atoms with Crippen LogP contribution in [0.3, 0.4) is 0 Å². The predicted molar refractivity (Wildman–Crippen MR) is 93.8 cm³/mol. The first-order valence-electron chi connectivity index (χ1n) is 6.98. The Balaban J connectivity index is 2.29. The molecule has 0 atom stereocenters. The third kappa shape index (κ3) is 4.20. The largest absolute Gasteiger partial charge is 0.438 e. The smallest absolute Gasteiger partial charge is 0.222 e. The fourth-order valence-electron chi connectivity index (χ4n) is 2.00. The standard InChI is InChI=1S/C16H22IN3O/c1-11-12(10-18-16(2,3)4)15(20(5)19-11)21-14-9-7-6-8-13(14)17/h6-9,18H,10H2,1-5H3. The number of aryl methyl sites for hydroxylation is 2. The third-order valence-corrected chi connectivity index (χ3v) is 4.02. The summed E-state index contributed by atoms with van der Waals surface area (Å²) >= 11 is 2.28. The Labute approximate surface area is 140 Å². The van der Waals surface area contributed by atoms with Crippen LogP contribution in [0.2, 0.25) is 0 Å². The number of hydrogen-bond donors (Lipinski definition) is 1. The highest BCUT2D eigenvalue weighted by atomic mass is 127. The van der Waals surface area contributed by atoms with E-state index in [2.05, 4.69) is 53.8 Å². The van der Waals surface area contributed by atoms with Crippen LogP contribution in [-0.2, 0) is 13.6 Å². The van der Waals surface area contributed by atoms with E-state index >= 15 is 0 Å². The Kier molecular flexibility index (Phi) is 4.93. The van der Waals surface area contributed by atoms with Gasteiger partial charge in [0.1, 0.15) is 5.75 Å². The van der Waals surface area contributed by atoms with Gasteiger partial charge in [-0.3, -0.25) is 0 Å². The first-order valence-corrected chi connectivity index (χ1v) is 8.05. The molecule has 0 bridgehead atoms. The van der Waals surface area contributed by atoms with Crippen molar-refractivity contribution >= 4 is 22.6 Å². The van der Waals surface area contributed by atoms with Crippen LogP contribution in [0.1, 0.15) is 32.0 Å². The van der Waals surface area contributed by atoms with Gasteiger partial charge in [-0.2, -0.15) is 5.10 Å². The summed E-state index contributed by atoms with van der Waals surface area (Å²) in [5, 5.41) is 7.98. The summed E-state index contributed by atoms with van der Waals surface area (Å²) in [5.41, 5.74) is 2.16. The monoisotopic (exact) mass is 399 g/mol. The van der Waals surface area contributed by atoms with Crippen LogP contribution in [0.15, 0.2) is 24.3 Å². The van der Waals surface area contributed by atoms with Gasteiger partial charge in [0.2, 0.25) is 5.88 Å². The molecule has 4 nitrogen and oxygen atoms in total. The van der Waals surface area contributed by atoms with Gasteiger partial charge in [0.25, 0.3) is 0 Å². The van der Waals surface area contributed by atoms with E-state index in [4.69, 9.17) is 4.74 Å². The van der Waals surface area contributed by atoms with Gasteiger partial charge in [0.15, 0.2) is 0 Å². The lowest BCUT2D eigenvalue weighted by molar-refractivity contribution is 0.400. The second kappa shape index (κ2) is 6.36. The quantitative estimate of drug-likeness (QED) is 0.790. The number of ether oxygens (including phenoxy) is 1. The Hall–Kier alpha value is -1.08. The molecule has 2 aromatic rings. The van der Waals surface area contributed by atoms with Crippen molar-refractivity contribution in [3.63, 3.8) is 0 Å². The maximum absolute atomic E-state index is 6.11. The minimum absolute atomic E-state index is 0.0563. The molecule has 0 unspecified atom stereocenters. The first kappa shape index (κ1) is 16.3.